The first-order valence-electron chi connectivity index (χ1n) is 7.41. The van der Waals surface area contributed by atoms with E-state index < -0.39 is 10.0 Å². The molecule has 2 heterocycles. The van der Waals surface area contributed by atoms with Crippen LogP contribution in [0.2, 0.25) is 0 Å². The number of thiophene rings is 1. The van der Waals surface area contributed by atoms with Crippen molar-refractivity contribution in [3.8, 4) is 10.8 Å². The number of nitrogens with zero attached hydrogens (tertiary/aromatic N) is 2. The molecule has 0 amide bonds. The monoisotopic (exact) mass is 363 g/mol. The van der Waals surface area contributed by atoms with Gasteiger partial charge in [0.2, 0.25) is 5.89 Å². The molecule has 3 aromatic rings. The maximum Gasteiger partial charge on any atom is 0.261 e. The molecule has 0 saturated heterocycles. The molecule has 0 unspecified atom stereocenters. The molecule has 2 aromatic heterocycles. The molecule has 0 spiro atoms. The largest absolute Gasteiger partial charge is 0.420 e. The van der Waals surface area contributed by atoms with E-state index >= 15 is 0 Å². The Kier molecular flexibility index (Phi) is 4.42. The first-order chi connectivity index (χ1) is 11.4. The second-order valence-electron chi connectivity index (χ2n) is 5.35. The van der Waals surface area contributed by atoms with E-state index in [0.29, 0.717) is 23.9 Å². The third-order valence-corrected chi connectivity index (χ3v) is 5.89. The molecule has 1 N–H and O–H groups in total. The molecule has 0 radical (unpaired) electrons. The van der Waals surface area contributed by atoms with Gasteiger partial charge in [-0.3, -0.25) is 4.72 Å². The normalized spacial score (nSPS) is 11.6. The summed E-state index contributed by atoms with van der Waals surface area (Å²) in [6.07, 6.45) is 0.657. The zero-order valence-corrected chi connectivity index (χ0v) is 15.2. The van der Waals surface area contributed by atoms with Gasteiger partial charge in [0, 0.05) is 11.3 Å². The minimum atomic E-state index is -3.63. The summed E-state index contributed by atoms with van der Waals surface area (Å²) in [4.78, 5) is 1.80. The standard InChI is InChI=1S/C16H17N3O3S2/c1-4-15-17-18-16(22-15)14-9-13(11(3)23-14)19-24(20,21)12-7-5-10(2)6-8-12/h5-9,19H,4H2,1-3H3. The van der Waals surface area contributed by atoms with Gasteiger partial charge in [-0.1, -0.05) is 24.6 Å². The molecule has 126 valence electrons. The molecule has 0 bridgehead atoms. The highest BCUT2D eigenvalue weighted by Crippen LogP contribution is 2.34. The van der Waals surface area contributed by atoms with Gasteiger partial charge in [-0.2, -0.15) is 0 Å². The number of nitrogens with one attached hydrogen (secondary N) is 1. The van der Waals surface area contributed by atoms with Crippen LogP contribution in [0.15, 0.2) is 39.6 Å². The van der Waals surface area contributed by atoms with Gasteiger partial charge >= 0.3 is 0 Å². The van der Waals surface area contributed by atoms with E-state index in [0.717, 1.165) is 15.3 Å². The Hall–Kier alpha value is -2.19. The van der Waals surface area contributed by atoms with Gasteiger partial charge in [0.1, 0.15) is 0 Å². The molecule has 3 rings (SSSR count). The summed E-state index contributed by atoms with van der Waals surface area (Å²) in [5.41, 5.74) is 1.53. The van der Waals surface area contributed by atoms with Gasteiger partial charge < -0.3 is 4.42 Å². The highest BCUT2D eigenvalue weighted by Gasteiger charge is 2.19. The molecule has 0 saturated carbocycles. The van der Waals surface area contributed by atoms with Crippen molar-refractivity contribution < 1.29 is 12.8 Å². The van der Waals surface area contributed by atoms with Crippen molar-refractivity contribution in [3.63, 3.8) is 0 Å². The molecule has 0 aliphatic heterocycles. The number of aromatic nitrogens is 2. The van der Waals surface area contributed by atoms with Crippen LogP contribution in [0, 0.1) is 13.8 Å². The highest BCUT2D eigenvalue weighted by molar-refractivity contribution is 7.92. The third kappa shape index (κ3) is 3.34. The van der Waals surface area contributed by atoms with Crippen molar-refractivity contribution in [2.75, 3.05) is 4.72 Å². The van der Waals surface area contributed by atoms with E-state index in [1.807, 2.05) is 20.8 Å². The Labute approximate surface area is 144 Å². The van der Waals surface area contributed by atoms with Crippen LogP contribution in [0.1, 0.15) is 23.3 Å². The average molecular weight is 363 g/mol. The summed E-state index contributed by atoms with van der Waals surface area (Å²) < 4.78 is 33.2. The first-order valence-corrected chi connectivity index (χ1v) is 9.71. The molecule has 0 aliphatic rings. The van der Waals surface area contributed by atoms with Crippen molar-refractivity contribution >= 4 is 27.0 Å². The number of rotatable bonds is 5. The Balaban J connectivity index is 1.89. The fraction of sp³-hybridized carbons (Fsp3) is 0.250. The lowest BCUT2D eigenvalue weighted by Gasteiger charge is -2.07. The van der Waals surface area contributed by atoms with Gasteiger partial charge in [-0.05, 0) is 32.0 Å². The Morgan fingerprint density at radius 3 is 2.50 bits per heavy atom. The van der Waals surface area contributed by atoms with Crippen molar-refractivity contribution in [2.24, 2.45) is 0 Å². The summed E-state index contributed by atoms with van der Waals surface area (Å²) in [5, 5.41) is 7.92. The van der Waals surface area contributed by atoms with Crippen molar-refractivity contribution in [1.29, 1.82) is 0 Å². The van der Waals surface area contributed by atoms with E-state index in [4.69, 9.17) is 4.42 Å². The molecular weight excluding hydrogens is 346 g/mol. The number of benzene rings is 1. The second kappa shape index (κ2) is 6.37. The van der Waals surface area contributed by atoms with E-state index in [9.17, 15) is 8.42 Å². The van der Waals surface area contributed by atoms with Crippen molar-refractivity contribution in [1.82, 2.24) is 10.2 Å². The molecule has 1 aromatic carbocycles. The molecular formula is C16H17N3O3S2. The van der Waals surface area contributed by atoms with Crippen LogP contribution in [-0.2, 0) is 16.4 Å². The SMILES string of the molecule is CCc1nnc(-c2cc(NS(=O)(=O)c3ccc(C)cc3)c(C)s2)o1. The van der Waals surface area contributed by atoms with Gasteiger partial charge in [0.25, 0.3) is 15.9 Å². The van der Waals surface area contributed by atoms with Gasteiger partial charge in [0.15, 0.2) is 0 Å². The quantitative estimate of drug-likeness (QED) is 0.746. The number of hydrogen-bond donors (Lipinski definition) is 1. The predicted octanol–water partition coefficient (Wildman–Crippen LogP) is 3.78. The molecule has 0 aliphatic carbocycles. The van der Waals surface area contributed by atoms with Crippen LogP contribution < -0.4 is 4.72 Å². The number of anilines is 1. The molecule has 6 nitrogen and oxygen atoms in total. The Bertz CT molecular complexity index is 957. The lowest BCUT2D eigenvalue weighted by atomic mass is 10.2. The maximum absolute atomic E-state index is 12.5. The summed E-state index contributed by atoms with van der Waals surface area (Å²) in [6, 6.07) is 8.44. The van der Waals surface area contributed by atoms with Crippen LogP contribution in [-0.4, -0.2) is 18.6 Å². The van der Waals surface area contributed by atoms with Gasteiger partial charge in [0.05, 0.1) is 15.5 Å². The Morgan fingerprint density at radius 1 is 1.17 bits per heavy atom. The highest BCUT2D eigenvalue weighted by atomic mass is 32.2. The number of sulfonamides is 1. The summed E-state index contributed by atoms with van der Waals surface area (Å²) in [7, 11) is -3.63. The molecule has 0 fully saturated rings. The third-order valence-electron chi connectivity index (χ3n) is 3.47. The summed E-state index contributed by atoms with van der Waals surface area (Å²) >= 11 is 1.41. The minimum absolute atomic E-state index is 0.228. The summed E-state index contributed by atoms with van der Waals surface area (Å²) in [5.74, 6) is 0.957. The Morgan fingerprint density at radius 2 is 1.88 bits per heavy atom. The first kappa shape index (κ1) is 16.7. The van der Waals surface area contributed by atoms with E-state index in [2.05, 4.69) is 14.9 Å². The molecule has 8 heteroatoms. The topological polar surface area (TPSA) is 85.1 Å². The summed E-state index contributed by atoms with van der Waals surface area (Å²) in [6.45, 7) is 5.68. The van der Waals surface area contributed by atoms with E-state index in [-0.39, 0.29) is 4.90 Å². The molecule has 0 atom stereocenters. The van der Waals surface area contributed by atoms with Crippen molar-refractivity contribution in [2.45, 2.75) is 32.1 Å². The maximum atomic E-state index is 12.5. The number of hydrogen-bond acceptors (Lipinski definition) is 6. The average Bonchev–Trinajstić information content (AvgIpc) is 3.15. The fourth-order valence-electron chi connectivity index (χ4n) is 2.11. The molecule has 24 heavy (non-hydrogen) atoms. The van der Waals surface area contributed by atoms with Crippen LogP contribution in [0.5, 0.6) is 0 Å². The van der Waals surface area contributed by atoms with Crippen LogP contribution in [0.3, 0.4) is 0 Å². The zero-order valence-electron chi connectivity index (χ0n) is 13.5. The smallest absolute Gasteiger partial charge is 0.261 e. The van der Waals surface area contributed by atoms with E-state index in [1.54, 1.807) is 30.3 Å². The predicted molar refractivity (Wildman–Crippen MR) is 93.7 cm³/mol. The minimum Gasteiger partial charge on any atom is -0.420 e. The van der Waals surface area contributed by atoms with Gasteiger partial charge in [-0.15, -0.1) is 21.5 Å². The fourth-order valence-corrected chi connectivity index (χ4v) is 4.18. The van der Waals surface area contributed by atoms with Crippen molar-refractivity contribution in [3.05, 3.63) is 46.7 Å². The van der Waals surface area contributed by atoms with Crippen LogP contribution >= 0.6 is 11.3 Å². The second-order valence-corrected chi connectivity index (χ2v) is 8.29. The van der Waals surface area contributed by atoms with E-state index in [1.165, 1.54) is 11.3 Å². The lowest BCUT2D eigenvalue weighted by molar-refractivity contribution is 0.514. The number of aryl methyl sites for hydroxylation is 3. The van der Waals surface area contributed by atoms with Crippen LogP contribution in [0.25, 0.3) is 10.8 Å². The lowest BCUT2D eigenvalue weighted by Crippen LogP contribution is -2.12. The van der Waals surface area contributed by atoms with Gasteiger partial charge in [-0.25, -0.2) is 8.42 Å². The zero-order chi connectivity index (χ0) is 17.3. The van der Waals surface area contributed by atoms with Crippen LogP contribution in [0.4, 0.5) is 5.69 Å².